The summed E-state index contributed by atoms with van der Waals surface area (Å²) in [6, 6.07) is 6.88. The van der Waals surface area contributed by atoms with E-state index in [2.05, 4.69) is 5.32 Å². The minimum Gasteiger partial charge on any atom is -0.394 e. The fourth-order valence-electron chi connectivity index (χ4n) is 1.27. The first-order chi connectivity index (χ1) is 6.72. The summed E-state index contributed by atoms with van der Waals surface area (Å²) in [5.41, 5.74) is 1.26. The average Bonchev–Trinajstić information content (AvgIpc) is 2.21. The van der Waals surface area contributed by atoms with Crippen molar-refractivity contribution in [2.45, 2.75) is 6.04 Å². The van der Waals surface area contributed by atoms with Gasteiger partial charge in [0.15, 0.2) is 0 Å². The second kappa shape index (κ2) is 4.97. The molecule has 1 atom stereocenters. The number of nitriles is 1. The van der Waals surface area contributed by atoms with Crippen molar-refractivity contribution in [3.8, 4) is 6.07 Å². The Morgan fingerprint density at radius 2 is 2.36 bits per heavy atom. The summed E-state index contributed by atoms with van der Waals surface area (Å²) >= 11 is 5.75. The number of aliphatic hydroxyl groups is 1. The minimum atomic E-state index is -0.220. The zero-order valence-corrected chi connectivity index (χ0v) is 8.54. The van der Waals surface area contributed by atoms with E-state index >= 15 is 0 Å². The monoisotopic (exact) mass is 210 g/mol. The Bertz CT molecular complexity index is 356. The van der Waals surface area contributed by atoms with Crippen LogP contribution in [0.4, 0.5) is 0 Å². The molecule has 74 valence electrons. The van der Waals surface area contributed by atoms with Gasteiger partial charge in [-0.1, -0.05) is 17.7 Å². The Balaban J connectivity index is 3.14. The number of aliphatic hydroxyl groups excluding tert-OH is 1. The summed E-state index contributed by atoms with van der Waals surface area (Å²) in [5.74, 6) is 0. The fraction of sp³-hybridized carbons (Fsp3) is 0.300. The first-order valence-corrected chi connectivity index (χ1v) is 4.58. The zero-order chi connectivity index (χ0) is 10.6. The van der Waals surface area contributed by atoms with Crippen LogP contribution < -0.4 is 5.32 Å². The Morgan fingerprint density at radius 1 is 1.64 bits per heavy atom. The van der Waals surface area contributed by atoms with Crippen LogP contribution in [-0.4, -0.2) is 18.8 Å². The molecule has 1 rings (SSSR count). The zero-order valence-electron chi connectivity index (χ0n) is 7.79. The van der Waals surface area contributed by atoms with Gasteiger partial charge in [-0.25, -0.2) is 0 Å². The number of rotatable bonds is 3. The van der Waals surface area contributed by atoms with Gasteiger partial charge in [0.05, 0.1) is 24.3 Å². The molecule has 1 aromatic carbocycles. The van der Waals surface area contributed by atoms with Crippen molar-refractivity contribution in [2.75, 3.05) is 13.7 Å². The summed E-state index contributed by atoms with van der Waals surface area (Å²) in [7, 11) is 1.73. The molecule has 1 aromatic rings. The molecule has 2 N–H and O–H groups in total. The van der Waals surface area contributed by atoms with Gasteiger partial charge in [-0.2, -0.15) is 5.26 Å². The smallest absolute Gasteiger partial charge is 0.0995 e. The normalized spacial score (nSPS) is 12.1. The van der Waals surface area contributed by atoms with Crippen LogP contribution in [0.25, 0.3) is 0 Å². The fourth-order valence-corrected chi connectivity index (χ4v) is 1.45. The molecule has 0 aliphatic carbocycles. The molecular weight excluding hydrogens is 200 g/mol. The summed E-state index contributed by atoms with van der Waals surface area (Å²) < 4.78 is 0. The summed E-state index contributed by atoms with van der Waals surface area (Å²) in [4.78, 5) is 0. The highest BCUT2D eigenvalue weighted by Crippen LogP contribution is 2.20. The average molecular weight is 211 g/mol. The predicted octanol–water partition coefficient (Wildman–Crippen LogP) is 1.46. The van der Waals surface area contributed by atoms with E-state index in [0.717, 1.165) is 5.56 Å². The van der Waals surface area contributed by atoms with Crippen LogP contribution in [0.3, 0.4) is 0 Å². The number of hydrogen-bond acceptors (Lipinski definition) is 3. The molecule has 4 heteroatoms. The van der Waals surface area contributed by atoms with Crippen LogP contribution in [-0.2, 0) is 0 Å². The van der Waals surface area contributed by atoms with Crippen molar-refractivity contribution in [1.29, 1.82) is 5.26 Å². The number of nitrogens with one attached hydrogen (secondary N) is 1. The van der Waals surface area contributed by atoms with Crippen LogP contribution in [0.15, 0.2) is 18.2 Å². The van der Waals surface area contributed by atoms with Crippen LogP contribution in [0.2, 0.25) is 5.02 Å². The molecule has 0 saturated carbocycles. The molecule has 0 spiro atoms. The molecule has 0 saturated heterocycles. The molecule has 1 unspecified atom stereocenters. The van der Waals surface area contributed by atoms with E-state index in [1.807, 2.05) is 6.07 Å². The second-order valence-corrected chi connectivity index (χ2v) is 3.30. The molecule has 0 bridgehead atoms. The van der Waals surface area contributed by atoms with Gasteiger partial charge in [0.1, 0.15) is 0 Å². The van der Waals surface area contributed by atoms with Crippen LogP contribution in [0.1, 0.15) is 17.2 Å². The Kier molecular flexibility index (Phi) is 3.90. The number of benzene rings is 1. The highest BCUT2D eigenvalue weighted by atomic mass is 35.5. The van der Waals surface area contributed by atoms with Crippen LogP contribution in [0.5, 0.6) is 0 Å². The summed E-state index contributed by atoms with van der Waals surface area (Å²) in [6.07, 6.45) is 0. The third kappa shape index (κ3) is 2.24. The maximum absolute atomic E-state index is 9.06. The summed E-state index contributed by atoms with van der Waals surface area (Å²) in [5, 5.41) is 21.4. The topological polar surface area (TPSA) is 56.0 Å². The van der Waals surface area contributed by atoms with Crippen molar-refractivity contribution in [2.24, 2.45) is 0 Å². The van der Waals surface area contributed by atoms with Crippen molar-refractivity contribution < 1.29 is 5.11 Å². The highest BCUT2D eigenvalue weighted by Gasteiger charge is 2.12. The van der Waals surface area contributed by atoms with E-state index in [9.17, 15) is 0 Å². The molecule has 0 heterocycles. The van der Waals surface area contributed by atoms with Gasteiger partial charge in [-0.05, 0) is 24.7 Å². The molecule has 0 radical (unpaired) electrons. The van der Waals surface area contributed by atoms with E-state index in [0.29, 0.717) is 10.6 Å². The molecule has 3 nitrogen and oxygen atoms in total. The van der Waals surface area contributed by atoms with E-state index < -0.39 is 0 Å². The lowest BCUT2D eigenvalue weighted by Gasteiger charge is -2.14. The Hall–Kier alpha value is -1.08. The predicted molar refractivity (Wildman–Crippen MR) is 55.1 cm³/mol. The molecule has 0 amide bonds. The number of hydrogen-bond donors (Lipinski definition) is 2. The van der Waals surface area contributed by atoms with Gasteiger partial charge >= 0.3 is 0 Å². The summed E-state index contributed by atoms with van der Waals surface area (Å²) in [6.45, 7) is -0.0488. The van der Waals surface area contributed by atoms with Gasteiger partial charge in [0.25, 0.3) is 0 Å². The Morgan fingerprint density at radius 3 is 2.86 bits per heavy atom. The SMILES string of the molecule is CNC(CO)c1ccc(Cl)cc1C#N. The second-order valence-electron chi connectivity index (χ2n) is 2.87. The highest BCUT2D eigenvalue weighted by molar-refractivity contribution is 6.30. The Labute approximate surface area is 87.9 Å². The number of halogens is 1. The minimum absolute atomic E-state index is 0.0488. The molecule has 0 aromatic heterocycles. The van der Waals surface area contributed by atoms with Gasteiger partial charge in [-0.3, -0.25) is 0 Å². The van der Waals surface area contributed by atoms with Crippen molar-refractivity contribution in [3.63, 3.8) is 0 Å². The lowest BCUT2D eigenvalue weighted by molar-refractivity contribution is 0.251. The largest absolute Gasteiger partial charge is 0.394 e. The van der Waals surface area contributed by atoms with E-state index in [1.54, 1.807) is 25.2 Å². The number of likely N-dealkylation sites (N-methyl/N-ethyl adjacent to an activating group) is 1. The van der Waals surface area contributed by atoms with E-state index in [1.165, 1.54) is 0 Å². The quantitative estimate of drug-likeness (QED) is 0.795. The molecule has 0 aliphatic heterocycles. The molecule has 14 heavy (non-hydrogen) atoms. The van der Waals surface area contributed by atoms with Crippen molar-refractivity contribution in [1.82, 2.24) is 5.32 Å². The molecule has 0 aliphatic rings. The lowest BCUT2D eigenvalue weighted by Crippen LogP contribution is -2.20. The van der Waals surface area contributed by atoms with Crippen LogP contribution >= 0.6 is 11.6 Å². The maximum Gasteiger partial charge on any atom is 0.0995 e. The van der Waals surface area contributed by atoms with Crippen LogP contribution in [0, 0.1) is 11.3 Å². The van der Waals surface area contributed by atoms with E-state index in [4.69, 9.17) is 22.0 Å². The maximum atomic E-state index is 9.06. The molecular formula is C10H11ClN2O. The van der Waals surface area contributed by atoms with Gasteiger partial charge in [0.2, 0.25) is 0 Å². The van der Waals surface area contributed by atoms with Gasteiger partial charge < -0.3 is 10.4 Å². The molecule has 0 fully saturated rings. The van der Waals surface area contributed by atoms with E-state index in [-0.39, 0.29) is 12.6 Å². The first kappa shape index (κ1) is 11.0. The van der Waals surface area contributed by atoms with Crippen molar-refractivity contribution >= 4 is 11.6 Å². The van der Waals surface area contributed by atoms with Gasteiger partial charge in [-0.15, -0.1) is 0 Å². The third-order valence-electron chi connectivity index (χ3n) is 2.04. The third-order valence-corrected chi connectivity index (χ3v) is 2.28. The van der Waals surface area contributed by atoms with Crippen molar-refractivity contribution in [3.05, 3.63) is 34.3 Å². The number of nitrogens with zero attached hydrogens (tertiary/aromatic N) is 1. The first-order valence-electron chi connectivity index (χ1n) is 4.20. The standard InChI is InChI=1S/C10H11ClN2O/c1-13-10(6-14)9-3-2-8(11)4-7(9)5-12/h2-4,10,13-14H,6H2,1H3. The lowest BCUT2D eigenvalue weighted by atomic mass is 10.0. The van der Waals surface area contributed by atoms with Gasteiger partial charge in [0, 0.05) is 5.02 Å².